The van der Waals surface area contributed by atoms with Crippen LogP contribution >= 0.6 is 11.8 Å². The zero-order chi connectivity index (χ0) is 16.6. The van der Waals surface area contributed by atoms with E-state index in [1.807, 2.05) is 35.2 Å². The maximum atomic E-state index is 12.7. The van der Waals surface area contributed by atoms with Crippen LogP contribution < -0.4 is 0 Å². The fourth-order valence-corrected chi connectivity index (χ4v) is 3.42. The van der Waals surface area contributed by atoms with Crippen molar-refractivity contribution in [2.24, 2.45) is 0 Å². The zero-order valence-corrected chi connectivity index (χ0v) is 14.3. The van der Waals surface area contributed by atoms with Gasteiger partial charge in [-0.2, -0.15) is 0 Å². The second kappa shape index (κ2) is 8.80. The largest absolute Gasteiger partial charge is 0.376 e. The van der Waals surface area contributed by atoms with Crippen LogP contribution in [-0.2, 0) is 16.1 Å². The first-order chi connectivity index (χ1) is 11.8. The van der Waals surface area contributed by atoms with Gasteiger partial charge in [-0.3, -0.25) is 9.78 Å². The molecule has 6 heteroatoms. The van der Waals surface area contributed by atoms with Gasteiger partial charge in [0.1, 0.15) is 0 Å². The Labute approximate surface area is 146 Å². The Hall–Kier alpha value is -1.92. The lowest BCUT2D eigenvalue weighted by Crippen LogP contribution is -2.38. The van der Waals surface area contributed by atoms with E-state index in [1.54, 1.807) is 18.6 Å². The van der Waals surface area contributed by atoms with Crippen molar-refractivity contribution in [3.63, 3.8) is 0 Å². The minimum Gasteiger partial charge on any atom is -0.376 e. The van der Waals surface area contributed by atoms with E-state index in [4.69, 9.17) is 4.74 Å². The molecule has 0 bridgehead atoms. The summed E-state index contributed by atoms with van der Waals surface area (Å²) in [5.74, 6) is 0.493. The third-order valence-corrected chi connectivity index (χ3v) is 4.83. The Morgan fingerprint density at radius 2 is 2.12 bits per heavy atom. The molecular formula is C18H21N3O2S. The molecule has 24 heavy (non-hydrogen) atoms. The molecule has 1 amide bonds. The number of carbonyl (C=O) groups excluding carboxylic acids is 1. The topological polar surface area (TPSA) is 55.3 Å². The number of ether oxygens (including phenoxy) is 1. The highest BCUT2D eigenvalue weighted by atomic mass is 32.2. The number of nitrogens with zero attached hydrogens (tertiary/aromatic N) is 3. The SMILES string of the molecule is O=C(CSc1ccccn1)N(Cc1ccncc1)C[C@@H]1CCCO1. The number of pyridine rings is 2. The maximum absolute atomic E-state index is 12.7. The molecule has 126 valence electrons. The Balaban J connectivity index is 1.62. The first-order valence-corrected chi connectivity index (χ1v) is 9.12. The molecule has 0 N–H and O–H groups in total. The smallest absolute Gasteiger partial charge is 0.233 e. The van der Waals surface area contributed by atoms with Crippen LogP contribution in [0, 0.1) is 0 Å². The summed E-state index contributed by atoms with van der Waals surface area (Å²) in [7, 11) is 0. The molecule has 2 aromatic rings. The van der Waals surface area contributed by atoms with E-state index in [0.717, 1.165) is 30.0 Å². The molecule has 1 saturated heterocycles. The molecule has 2 aromatic heterocycles. The normalized spacial score (nSPS) is 16.9. The van der Waals surface area contributed by atoms with Crippen LogP contribution in [0.15, 0.2) is 53.9 Å². The third-order valence-electron chi connectivity index (χ3n) is 3.90. The Kier molecular flexibility index (Phi) is 6.20. The summed E-state index contributed by atoms with van der Waals surface area (Å²) < 4.78 is 5.71. The molecule has 0 aromatic carbocycles. The van der Waals surface area contributed by atoms with E-state index in [2.05, 4.69) is 9.97 Å². The lowest BCUT2D eigenvalue weighted by Gasteiger charge is -2.25. The fourth-order valence-electron chi connectivity index (χ4n) is 2.66. The van der Waals surface area contributed by atoms with E-state index in [-0.39, 0.29) is 12.0 Å². The molecule has 3 rings (SSSR count). The van der Waals surface area contributed by atoms with Crippen molar-refractivity contribution in [3.05, 3.63) is 54.5 Å². The fraction of sp³-hybridized carbons (Fsp3) is 0.389. The molecule has 3 heterocycles. The zero-order valence-electron chi connectivity index (χ0n) is 13.5. The van der Waals surface area contributed by atoms with Crippen LogP contribution in [0.25, 0.3) is 0 Å². The average Bonchev–Trinajstić information content (AvgIpc) is 3.14. The van der Waals surface area contributed by atoms with Gasteiger partial charge in [0, 0.05) is 38.3 Å². The monoisotopic (exact) mass is 343 g/mol. The van der Waals surface area contributed by atoms with E-state index in [1.165, 1.54) is 11.8 Å². The van der Waals surface area contributed by atoms with E-state index in [0.29, 0.717) is 18.8 Å². The van der Waals surface area contributed by atoms with Crippen molar-refractivity contribution in [3.8, 4) is 0 Å². The second-order valence-corrected chi connectivity index (χ2v) is 6.72. The van der Waals surface area contributed by atoms with Gasteiger partial charge in [0.2, 0.25) is 5.91 Å². The minimum atomic E-state index is 0.109. The maximum Gasteiger partial charge on any atom is 0.233 e. The summed E-state index contributed by atoms with van der Waals surface area (Å²) in [6.07, 6.45) is 7.50. The van der Waals surface area contributed by atoms with Crippen LogP contribution in [-0.4, -0.2) is 45.8 Å². The second-order valence-electron chi connectivity index (χ2n) is 5.72. The highest BCUT2D eigenvalue weighted by Gasteiger charge is 2.23. The van der Waals surface area contributed by atoms with Gasteiger partial charge in [0.05, 0.1) is 16.9 Å². The van der Waals surface area contributed by atoms with Gasteiger partial charge in [-0.15, -0.1) is 0 Å². The van der Waals surface area contributed by atoms with Crippen LogP contribution in [0.4, 0.5) is 0 Å². The average molecular weight is 343 g/mol. The first-order valence-electron chi connectivity index (χ1n) is 8.13. The van der Waals surface area contributed by atoms with Crippen LogP contribution in [0.3, 0.4) is 0 Å². The van der Waals surface area contributed by atoms with E-state index < -0.39 is 0 Å². The van der Waals surface area contributed by atoms with Gasteiger partial charge in [-0.05, 0) is 42.7 Å². The predicted molar refractivity (Wildman–Crippen MR) is 93.6 cm³/mol. The lowest BCUT2D eigenvalue weighted by atomic mass is 10.2. The molecule has 1 atom stereocenters. The van der Waals surface area contributed by atoms with Crippen LogP contribution in [0.2, 0.25) is 0 Å². The molecule has 1 aliphatic rings. The Bertz CT molecular complexity index is 633. The van der Waals surface area contributed by atoms with Crippen molar-refractivity contribution >= 4 is 17.7 Å². The number of aromatic nitrogens is 2. The van der Waals surface area contributed by atoms with Crippen molar-refractivity contribution in [1.82, 2.24) is 14.9 Å². The van der Waals surface area contributed by atoms with Crippen molar-refractivity contribution in [1.29, 1.82) is 0 Å². The number of hydrogen-bond acceptors (Lipinski definition) is 5. The van der Waals surface area contributed by atoms with Gasteiger partial charge in [0.25, 0.3) is 0 Å². The van der Waals surface area contributed by atoms with Crippen molar-refractivity contribution in [2.75, 3.05) is 18.9 Å². The summed E-state index contributed by atoms with van der Waals surface area (Å²) in [5, 5.41) is 0.867. The highest BCUT2D eigenvalue weighted by Crippen LogP contribution is 2.18. The number of amides is 1. The number of thioether (sulfide) groups is 1. The van der Waals surface area contributed by atoms with Gasteiger partial charge in [0.15, 0.2) is 0 Å². The summed E-state index contributed by atoms with van der Waals surface area (Å²) in [6, 6.07) is 9.62. The van der Waals surface area contributed by atoms with Crippen molar-refractivity contribution < 1.29 is 9.53 Å². The minimum absolute atomic E-state index is 0.109. The molecule has 0 saturated carbocycles. The van der Waals surface area contributed by atoms with Gasteiger partial charge in [-0.25, -0.2) is 4.98 Å². The predicted octanol–water partition coefficient (Wildman–Crippen LogP) is 2.78. The van der Waals surface area contributed by atoms with E-state index in [9.17, 15) is 4.79 Å². The summed E-state index contributed by atoms with van der Waals surface area (Å²) in [4.78, 5) is 22.9. The molecule has 1 fully saturated rings. The standard InChI is InChI=1S/C18H21N3O2S/c22-18(14-24-17-5-1-2-8-20-17)21(13-16-4-3-11-23-16)12-15-6-9-19-10-7-15/h1-2,5-10,16H,3-4,11-14H2/t16-/m0/s1. The Morgan fingerprint density at radius 1 is 1.25 bits per heavy atom. The third kappa shape index (κ3) is 5.04. The highest BCUT2D eigenvalue weighted by molar-refractivity contribution is 7.99. The summed E-state index contributed by atoms with van der Waals surface area (Å²) in [5.41, 5.74) is 1.08. The van der Waals surface area contributed by atoms with Crippen LogP contribution in [0.5, 0.6) is 0 Å². The number of carbonyl (C=O) groups is 1. The summed E-state index contributed by atoms with van der Waals surface area (Å²) in [6.45, 7) is 2.03. The number of hydrogen-bond donors (Lipinski definition) is 0. The lowest BCUT2D eigenvalue weighted by molar-refractivity contribution is -0.130. The number of rotatable bonds is 7. The van der Waals surface area contributed by atoms with Crippen LogP contribution in [0.1, 0.15) is 18.4 Å². The molecule has 1 aliphatic heterocycles. The molecular weight excluding hydrogens is 322 g/mol. The molecule has 0 radical (unpaired) electrons. The molecule has 0 unspecified atom stereocenters. The van der Waals surface area contributed by atoms with Crippen molar-refractivity contribution in [2.45, 2.75) is 30.5 Å². The van der Waals surface area contributed by atoms with Gasteiger partial charge in [-0.1, -0.05) is 17.8 Å². The molecule has 5 nitrogen and oxygen atoms in total. The Morgan fingerprint density at radius 3 is 2.83 bits per heavy atom. The first kappa shape index (κ1) is 16.9. The van der Waals surface area contributed by atoms with Gasteiger partial charge >= 0.3 is 0 Å². The molecule has 0 aliphatic carbocycles. The van der Waals surface area contributed by atoms with Gasteiger partial charge < -0.3 is 9.64 Å². The quantitative estimate of drug-likeness (QED) is 0.724. The molecule has 0 spiro atoms. The van der Waals surface area contributed by atoms with E-state index >= 15 is 0 Å². The summed E-state index contributed by atoms with van der Waals surface area (Å²) >= 11 is 1.47.